The molecule has 46 heavy (non-hydrogen) atoms. The van der Waals surface area contributed by atoms with E-state index in [1.54, 1.807) is 0 Å². The molecule has 0 saturated heterocycles. The molecule has 0 aliphatic heterocycles. The number of halogens is 5. The minimum absolute atomic E-state index is 0.0925. The average molecular weight is 680 g/mol. The summed E-state index contributed by atoms with van der Waals surface area (Å²) in [6.07, 6.45) is -2.69. The Morgan fingerprint density at radius 2 is 1.67 bits per heavy atom. The number of carbonyl (C=O) groups excluding carboxylic acids is 1. The summed E-state index contributed by atoms with van der Waals surface area (Å²) in [6, 6.07) is 12.1. The van der Waals surface area contributed by atoms with Crippen LogP contribution in [0.25, 0.3) is 22.0 Å². The molecule has 0 aliphatic carbocycles. The van der Waals surface area contributed by atoms with Crippen molar-refractivity contribution in [1.29, 1.82) is 0 Å². The fourth-order valence-electron chi connectivity index (χ4n) is 4.98. The number of nitrogens with zero attached hydrogens (tertiary/aromatic N) is 1. The number of sulfone groups is 1. The Bertz CT molecular complexity index is 2300. The number of pyridine rings is 1. The van der Waals surface area contributed by atoms with Crippen LogP contribution in [-0.2, 0) is 38.3 Å². The molecule has 5 rings (SSSR count). The zero-order valence-corrected chi connectivity index (χ0v) is 25.2. The molecular formula is C30H22F5N3O6S2. The predicted molar refractivity (Wildman–Crippen MR) is 158 cm³/mol. The number of fused-ring (bicyclic) bond motifs is 1. The Kier molecular flexibility index (Phi) is 8.38. The van der Waals surface area contributed by atoms with Gasteiger partial charge in [0.15, 0.2) is 9.84 Å². The van der Waals surface area contributed by atoms with Crippen LogP contribution >= 0.6 is 0 Å². The number of nitrogens with one attached hydrogen (secondary N) is 2. The van der Waals surface area contributed by atoms with Crippen molar-refractivity contribution < 1.29 is 43.6 Å². The predicted octanol–water partition coefficient (Wildman–Crippen LogP) is 5.01. The second kappa shape index (κ2) is 11.8. The monoisotopic (exact) mass is 679 g/mol. The van der Waals surface area contributed by atoms with Gasteiger partial charge in [0, 0.05) is 46.1 Å². The zero-order valence-electron chi connectivity index (χ0n) is 23.5. The number of hydrogen-bond donors (Lipinski definition) is 2. The molecule has 3 aromatic carbocycles. The van der Waals surface area contributed by atoms with E-state index in [2.05, 4.69) is 4.98 Å². The molecule has 0 atom stereocenters. The van der Waals surface area contributed by atoms with E-state index in [-0.39, 0.29) is 33.2 Å². The van der Waals surface area contributed by atoms with Gasteiger partial charge in [-0.25, -0.2) is 30.3 Å². The molecule has 5 aromatic rings. The van der Waals surface area contributed by atoms with Crippen molar-refractivity contribution in [2.24, 2.45) is 0 Å². The van der Waals surface area contributed by atoms with Gasteiger partial charge in [0.2, 0.25) is 0 Å². The second-order valence-corrected chi connectivity index (χ2v) is 14.2. The van der Waals surface area contributed by atoms with Crippen molar-refractivity contribution in [3.8, 4) is 11.1 Å². The number of sulfonamides is 1. The molecule has 0 radical (unpaired) electrons. The number of rotatable bonds is 8. The molecular weight excluding hydrogens is 657 g/mol. The minimum atomic E-state index is -4.86. The number of alkyl halides is 3. The third kappa shape index (κ3) is 6.72. The zero-order chi connectivity index (χ0) is 33.6. The standard InChI is InChI=1S/C30H22F5N3O6S2/c1-45(41,42)16-17-4-2-5-21(12-17)46(43,44)37-29(40)27-26(22-6-3-11-36-28(22)39)23-13-19(30(33,34)35)8-10-25(23)38(27)15-18-7-9-20(31)14-24(18)32/h2-14H,15-16H2,1H3,(H,36,39)(H,37,40). The van der Waals surface area contributed by atoms with Crippen LogP contribution in [0, 0.1) is 11.6 Å². The Morgan fingerprint density at radius 1 is 0.935 bits per heavy atom. The maximum absolute atomic E-state index is 14.8. The highest BCUT2D eigenvalue weighted by Crippen LogP contribution is 2.39. The topological polar surface area (TPSA) is 135 Å². The number of hydrogen-bond acceptors (Lipinski definition) is 6. The summed E-state index contributed by atoms with van der Waals surface area (Å²) in [5.41, 5.74) is -3.52. The Hall–Kier alpha value is -4.83. The van der Waals surface area contributed by atoms with Crippen molar-refractivity contribution in [3.05, 3.63) is 123 Å². The van der Waals surface area contributed by atoms with Gasteiger partial charge in [-0.05, 0) is 54.1 Å². The van der Waals surface area contributed by atoms with E-state index in [1.165, 1.54) is 30.5 Å². The van der Waals surface area contributed by atoms with E-state index in [1.807, 2.05) is 4.72 Å². The van der Waals surface area contributed by atoms with Crippen molar-refractivity contribution in [2.45, 2.75) is 23.4 Å². The first-order chi connectivity index (χ1) is 21.4. The van der Waals surface area contributed by atoms with Gasteiger partial charge in [0.25, 0.3) is 21.5 Å². The molecule has 0 aliphatic rings. The lowest BCUT2D eigenvalue weighted by molar-refractivity contribution is -0.137. The van der Waals surface area contributed by atoms with Crippen LogP contribution in [0.1, 0.15) is 27.2 Å². The van der Waals surface area contributed by atoms with Gasteiger partial charge in [0.05, 0.1) is 22.8 Å². The highest BCUT2D eigenvalue weighted by molar-refractivity contribution is 7.90. The lowest BCUT2D eigenvalue weighted by Crippen LogP contribution is -2.33. The molecule has 0 spiro atoms. The molecule has 2 aromatic heterocycles. The van der Waals surface area contributed by atoms with Crippen LogP contribution in [0.2, 0.25) is 0 Å². The van der Waals surface area contributed by atoms with Gasteiger partial charge in [-0.1, -0.05) is 18.2 Å². The molecule has 16 heteroatoms. The molecule has 9 nitrogen and oxygen atoms in total. The van der Waals surface area contributed by atoms with Gasteiger partial charge >= 0.3 is 6.18 Å². The van der Waals surface area contributed by atoms with Crippen molar-refractivity contribution in [3.63, 3.8) is 0 Å². The van der Waals surface area contributed by atoms with E-state index in [0.717, 1.165) is 41.2 Å². The van der Waals surface area contributed by atoms with Crippen molar-refractivity contribution >= 4 is 36.7 Å². The summed E-state index contributed by atoms with van der Waals surface area (Å²) >= 11 is 0. The van der Waals surface area contributed by atoms with Crippen LogP contribution < -0.4 is 10.3 Å². The van der Waals surface area contributed by atoms with E-state index in [9.17, 15) is 48.4 Å². The number of carbonyl (C=O) groups is 1. The summed E-state index contributed by atoms with van der Waals surface area (Å²) in [5.74, 6) is -3.90. The lowest BCUT2D eigenvalue weighted by atomic mass is 10.0. The first-order valence-corrected chi connectivity index (χ1v) is 16.7. The molecule has 0 fully saturated rings. The average Bonchev–Trinajstić information content (AvgIpc) is 3.26. The molecule has 0 unspecified atom stereocenters. The summed E-state index contributed by atoms with van der Waals surface area (Å²) in [5, 5.41) is -0.285. The van der Waals surface area contributed by atoms with Crippen LogP contribution in [-0.4, -0.2) is 38.5 Å². The fraction of sp³-hybridized carbons (Fsp3) is 0.133. The maximum Gasteiger partial charge on any atom is 0.416 e. The quantitative estimate of drug-likeness (QED) is 0.222. The van der Waals surface area contributed by atoms with Gasteiger partial charge < -0.3 is 9.55 Å². The fourth-order valence-corrected chi connectivity index (χ4v) is 6.79. The third-order valence-electron chi connectivity index (χ3n) is 6.90. The van der Waals surface area contributed by atoms with E-state index in [4.69, 9.17) is 0 Å². The summed E-state index contributed by atoms with van der Waals surface area (Å²) in [7, 11) is -8.33. The number of aromatic nitrogens is 2. The Labute approximate surface area is 258 Å². The minimum Gasteiger partial charge on any atom is -0.331 e. The molecule has 2 heterocycles. The highest BCUT2D eigenvalue weighted by Gasteiger charge is 2.34. The van der Waals surface area contributed by atoms with Gasteiger partial charge in [0.1, 0.15) is 17.3 Å². The highest BCUT2D eigenvalue weighted by atomic mass is 32.2. The Balaban J connectivity index is 1.76. The van der Waals surface area contributed by atoms with Crippen LogP contribution in [0.15, 0.2) is 88.7 Å². The van der Waals surface area contributed by atoms with E-state index >= 15 is 0 Å². The second-order valence-electron chi connectivity index (χ2n) is 10.3. The molecule has 1 amide bonds. The normalized spacial score (nSPS) is 12.4. The van der Waals surface area contributed by atoms with Crippen LogP contribution in [0.3, 0.4) is 0 Å². The SMILES string of the molecule is CS(=O)(=O)Cc1cccc(S(=O)(=O)NC(=O)c2c(-c3ccc[nH]c3=O)c3cc(C(F)(F)F)ccc3n2Cc2ccc(F)cc2F)c1. The molecule has 0 saturated carbocycles. The number of H-pyrrole nitrogens is 1. The summed E-state index contributed by atoms with van der Waals surface area (Å²) in [4.78, 5) is 28.8. The summed E-state index contributed by atoms with van der Waals surface area (Å²) < 4.78 is 123. The largest absolute Gasteiger partial charge is 0.416 e. The molecule has 2 N–H and O–H groups in total. The van der Waals surface area contributed by atoms with Gasteiger partial charge in [-0.3, -0.25) is 9.59 Å². The number of amides is 1. The lowest BCUT2D eigenvalue weighted by Gasteiger charge is -2.14. The maximum atomic E-state index is 14.8. The van der Waals surface area contributed by atoms with Gasteiger partial charge in [-0.2, -0.15) is 13.2 Å². The van der Waals surface area contributed by atoms with E-state index in [0.29, 0.717) is 18.2 Å². The van der Waals surface area contributed by atoms with Crippen molar-refractivity contribution in [2.75, 3.05) is 6.26 Å². The molecule has 240 valence electrons. The third-order valence-corrected chi connectivity index (χ3v) is 9.09. The first-order valence-electron chi connectivity index (χ1n) is 13.1. The molecule has 0 bridgehead atoms. The van der Waals surface area contributed by atoms with Crippen molar-refractivity contribution in [1.82, 2.24) is 14.3 Å². The van der Waals surface area contributed by atoms with Crippen LogP contribution in [0.5, 0.6) is 0 Å². The van der Waals surface area contributed by atoms with Gasteiger partial charge in [-0.15, -0.1) is 0 Å². The Morgan fingerprint density at radius 3 is 2.33 bits per heavy atom. The van der Waals surface area contributed by atoms with Crippen LogP contribution in [0.4, 0.5) is 22.0 Å². The first kappa shape index (κ1) is 32.6. The summed E-state index contributed by atoms with van der Waals surface area (Å²) in [6.45, 7) is -0.592. The number of benzene rings is 3. The smallest absolute Gasteiger partial charge is 0.331 e. The number of aromatic amines is 1. The van der Waals surface area contributed by atoms with E-state index < -0.39 is 77.6 Å².